The summed E-state index contributed by atoms with van der Waals surface area (Å²) >= 11 is 0. The number of hydrogen-bond acceptors (Lipinski definition) is 4. The monoisotopic (exact) mass is 254 g/mol. The third-order valence-corrected chi connectivity index (χ3v) is 2.46. The minimum atomic E-state index is -1.13. The zero-order valence-corrected chi connectivity index (χ0v) is 10.1. The van der Waals surface area contributed by atoms with Crippen LogP contribution in [0, 0.1) is 18.3 Å². The van der Waals surface area contributed by atoms with E-state index in [4.69, 9.17) is 15.1 Å². The summed E-state index contributed by atoms with van der Waals surface area (Å²) in [6, 6.07) is 10.2. The number of aromatic nitrogens is 1. The molecular weight excluding hydrogens is 244 g/mol. The van der Waals surface area contributed by atoms with Crippen molar-refractivity contribution in [3.05, 3.63) is 53.3 Å². The number of carboxylic acids is 1. The van der Waals surface area contributed by atoms with Crippen molar-refractivity contribution in [3.8, 4) is 17.6 Å². The fourth-order valence-electron chi connectivity index (χ4n) is 1.55. The molecule has 19 heavy (non-hydrogen) atoms. The summed E-state index contributed by atoms with van der Waals surface area (Å²) in [6.07, 6.45) is 1.24. The number of aromatic carboxylic acids is 1. The van der Waals surface area contributed by atoms with Crippen LogP contribution >= 0.6 is 0 Å². The number of hydrogen-bond donors (Lipinski definition) is 1. The molecule has 0 atom stereocenters. The molecule has 0 aliphatic rings. The van der Waals surface area contributed by atoms with Crippen LogP contribution in [0.3, 0.4) is 0 Å². The number of benzene rings is 1. The standard InChI is InChI=1S/C14H10N2O3/c1-9-6-13(11(8-16-9)14(17)18)19-12-5-3-2-4-10(12)7-15/h2-6,8H,1H3,(H,17,18). The van der Waals surface area contributed by atoms with E-state index in [-0.39, 0.29) is 11.3 Å². The zero-order chi connectivity index (χ0) is 13.8. The van der Waals surface area contributed by atoms with Gasteiger partial charge in [0, 0.05) is 18.0 Å². The Balaban J connectivity index is 2.46. The van der Waals surface area contributed by atoms with E-state index >= 15 is 0 Å². The molecule has 1 aromatic heterocycles. The van der Waals surface area contributed by atoms with Gasteiger partial charge >= 0.3 is 5.97 Å². The van der Waals surface area contributed by atoms with Crippen LogP contribution < -0.4 is 4.74 Å². The minimum absolute atomic E-state index is 0.0432. The molecule has 0 spiro atoms. The van der Waals surface area contributed by atoms with Gasteiger partial charge in [-0.05, 0) is 19.1 Å². The fourth-order valence-corrected chi connectivity index (χ4v) is 1.55. The number of ether oxygens (including phenoxy) is 1. The van der Waals surface area contributed by atoms with Crippen molar-refractivity contribution in [2.45, 2.75) is 6.92 Å². The van der Waals surface area contributed by atoms with Gasteiger partial charge < -0.3 is 9.84 Å². The molecule has 0 fully saturated rings. The lowest BCUT2D eigenvalue weighted by Crippen LogP contribution is -2.02. The molecule has 5 heteroatoms. The van der Waals surface area contributed by atoms with Crippen LogP contribution in [-0.4, -0.2) is 16.1 Å². The van der Waals surface area contributed by atoms with Crippen molar-refractivity contribution in [2.24, 2.45) is 0 Å². The Morgan fingerprint density at radius 3 is 2.79 bits per heavy atom. The van der Waals surface area contributed by atoms with Crippen LogP contribution in [0.5, 0.6) is 11.5 Å². The lowest BCUT2D eigenvalue weighted by Gasteiger charge is -2.10. The van der Waals surface area contributed by atoms with Gasteiger partial charge in [-0.1, -0.05) is 12.1 Å². The van der Waals surface area contributed by atoms with E-state index in [0.29, 0.717) is 17.0 Å². The summed E-state index contributed by atoms with van der Waals surface area (Å²) in [4.78, 5) is 15.0. The maximum Gasteiger partial charge on any atom is 0.341 e. The highest BCUT2D eigenvalue weighted by Gasteiger charge is 2.14. The third-order valence-electron chi connectivity index (χ3n) is 2.46. The number of rotatable bonds is 3. The Labute approximate surface area is 109 Å². The van der Waals surface area contributed by atoms with Crippen molar-refractivity contribution in [1.29, 1.82) is 5.26 Å². The highest BCUT2D eigenvalue weighted by atomic mass is 16.5. The molecule has 0 saturated carbocycles. The molecule has 1 aromatic carbocycles. The van der Waals surface area contributed by atoms with E-state index in [1.165, 1.54) is 12.3 Å². The number of aryl methyl sites for hydroxylation is 1. The first-order valence-corrected chi connectivity index (χ1v) is 5.48. The quantitative estimate of drug-likeness (QED) is 0.910. The molecule has 0 bridgehead atoms. The summed E-state index contributed by atoms with van der Waals surface area (Å²) in [7, 11) is 0. The van der Waals surface area contributed by atoms with E-state index < -0.39 is 5.97 Å². The normalized spacial score (nSPS) is 9.68. The maximum absolute atomic E-state index is 11.1. The Hall–Kier alpha value is -2.87. The molecule has 0 aliphatic heterocycles. The maximum atomic E-state index is 11.1. The fraction of sp³-hybridized carbons (Fsp3) is 0.0714. The van der Waals surface area contributed by atoms with Crippen molar-refractivity contribution in [2.75, 3.05) is 0 Å². The second-order valence-electron chi connectivity index (χ2n) is 3.84. The first-order valence-electron chi connectivity index (χ1n) is 5.48. The number of nitrogens with zero attached hydrogens (tertiary/aromatic N) is 2. The predicted molar refractivity (Wildman–Crippen MR) is 67.2 cm³/mol. The number of pyridine rings is 1. The SMILES string of the molecule is Cc1cc(Oc2ccccc2C#N)c(C(=O)O)cn1. The Kier molecular flexibility index (Phi) is 3.44. The van der Waals surface area contributed by atoms with Crippen LogP contribution in [0.4, 0.5) is 0 Å². The van der Waals surface area contributed by atoms with E-state index in [2.05, 4.69) is 4.98 Å². The lowest BCUT2D eigenvalue weighted by molar-refractivity contribution is 0.0693. The number of nitriles is 1. The van der Waals surface area contributed by atoms with Crippen molar-refractivity contribution < 1.29 is 14.6 Å². The van der Waals surface area contributed by atoms with Gasteiger partial charge in [0.15, 0.2) is 0 Å². The average molecular weight is 254 g/mol. The van der Waals surface area contributed by atoms with Gasteiger partial charge in [0.05, 0.1) is 5.56 Å². The predicted octanol–water partition coefficient (Wildman–Crippen LogP) is 2.75. The second-order valence-corrected chi connectivity index (χ2v) is 3.84. The summed E-state index contributed by atoms with van der Waals surface area (Å²) in [5.41, 5.74) is 0.932. The molecule has 0 amide bonds. The van der Waals surface area contributed by atoms with E-state index in [0.717, 1.165) is 0 Å². The van der Waals surface area contributed by atoms with Crippen LogP contribution in [0.25, 0.3) is 0 Å². The smallest absolute Gasteiger partial charge is 0.341 e. The van der Waals surface area contributed by atoms with E-state index in [9.17, 15) is 4.79 Å². The molecule has 94 valence electrons. The van der Waals surface area contributed by atoms with Crippen LogP contribution in [0.15, 0.2) is 36.5 Å². The number of carboxylic acid groups (broad SMARTS) is 1. The molecule has 5 nitrogen and oxygen atoms in total. The first-order chi connectivity index (χ1) is 9.11. The number of carbonyl (C=O) groups is 1. The minimum Gasteiger partial charge on any atom is -0.477 e. The van der Waals surface area contributed by atoms with E-state index in [1.54, 1.807) is 31.2 Å². The molecule has 0 aliphatic carbocycles. The third kappa shape index (κ3) is 2.69. The van der Waals surface area contributed by atoms with Crippen molar-refractivity contribution in [3.63, 3.8) is 0 Å². The molecule has 1 N–H and O–H groups in total. The highest BCUT2D eigenvalue weighted by molar-refractivity contribution is 5.90. The molecule has 2 aromatic rings. The molecular formula is C14H10N2O3. The van der Waals surface area contributed by atoms with E-state index in [1.807, 2.05) is 6.07 Å². The highest BCUT2D eigenvalue weighted by Crippen LogP contribution is 2.28. The molecule has 0 unspecified atom stereocenters. The van der Waals surface area contributed by atoms with Crippen molar-refractivity contribution in [1.82, 2.24) is 4.98 Å². The zero-order valence-electron chi connectivity index (χ0n) is 10.1. The van der Waals surface area contributed by atoms with Crippen LogP contribution in [0.1, 0.15) is 21.6 Å². The van der Waals surface area contributed by atoms with Crippen LogP contribution in [-0.2, 0) is 0 Å². The summed E-state index contributed by atoms with van der Waals surface area (Å²) < 4.78 is 5.53. The summed E-state index contributed by atoms with van der Waals surface area (Å²) in [6.45, 7) is 1.73. The summed E-state index contributed by atoms with van der Waals surface area (Å²) in [5.74, 6) is -0.641. The average Bonchev–Trinajstić information content (AvgIpc) is 2.39. The van der Waals surface area contributed by atoms with Gasteiger partial charge in [0.25, 0.3) is 0 Å². The van der Waals surface area contributed by atoms with Gasteiger partial charge in [-0.3, -0.25) is 4.98 Å². The topological polar surface area (TPSA) is 83.2 Å². The van der Waals surface area contributed by atoms with Gasteiger partial charge in [0.1, 0.15) is 23.1 Å². The summed E-state index contributed by atoms with van der Waals surface area (Å²) in [5, 5.41) is 18.0. The lowest BCUT2D eigenvalue weighted by atomic mass is 10.2. The number of para-hydroxylation sites is 1. The van der Waals surface area contributed by atoms with Gasteiger partial charge in [0.2, 0.25) is 0 Å². The Morgan fingerprint density at radius 1 is 1.37 bits per heavy atom. The van der Waals surface area contributed by atoms with Gasteiger partial charge in [-0.25, -0.2) is 4.79 Å². The Morgan fingerprint density at radius 2 is 2.11 bits per heavy atom. The molecule has 0 radical (unpaired) electrons. The molecule has 1 heterocycles. The van der Waals surface area contributed by atoms with Crippen LogP contribution in [0.2, 0.25) is 0 Å². The van der Waals surface area contributed by atoms with Crippen molar-refractivity contribution >= 4 is 5.97 Å². The largest absolute Gasteiger partial charge is 0.477 e. The first kappa shape index (κ1) is 12.6. The Bertz CT molecular complexity index is 675. The molecule has 2 rings (SSSR count). The van der Waals surface area contributed by atoms with Gasteiger partial charge in [-0.2, -0.15) is 5.26 Å². The molecule has 0 saturated heterocycles. The second kappa shape index (κ2) is 5.19. The van der Waals surface area contributed by atoms with Gasteiger partial charge in [-0.15, -0.1) is 0 Å².